The first-order valence-electron chi connectivity index (χ1n) is 4.65. The number of hydrogen-bond acceptors (Lipinski definition) is 4. The zero-order valence-corrected chi connectivity index (χ0v) is 8.00. The van der Waals surface area contributed by atoms with Crippen LogP contribution >= 0.6 is 0 Å². The minimum atomic E-state index is -0.00217. The second-order valence-corrected chi connectivity index (χ2v) is 3.25. The highest BCUT2D eigenvalue weighted by Crippen LogP contribution is 2.24. The summed E-state index contributed by atoms with van der Waals surface area (Å²) in [6.45, 7) is 1.95. The summed E-state index contributed by atoms with van der Waals surface area (Å²) < 4.78 is 0. The number of carbonyl (C=O) groups is 1. The number of nitrogens with one attached hydrogen (secondary N) is 1. The van der Waals surface area contributed by atoms with E-state index in [0.29, 0.717) is 36.7 Å². The third kappa shape index (κ3) is 1.41. The van der Waals surface area contributed by atoms with E-state index in [9.17, 15) is 4.79 Å². The van der Waals surface area contributed by atoms with Crippen LogP contribution in [0.25, 0.3) is 0 Å². The van der Waals surface area contributed by atoms with Gasteiger partial charge in [-0.2, -0.15) is 0 Å². The predicted molar refractivity (Wildman–Crippen MR) is 52.8 cm³/mol. The number of aryl methyl sites for hydroxylation is 1. The van der Waals surface area contributed by atoms with Gasteiger partial charge in [-0.25, -0.2) is 9.97 Å². The lowest BCUT2D eigenvalue weighted by atomic mass is 10.1. The van der Waals surface area contributed by atoms with Crippen molar-refractivity contribution >= 4 is 17.5 Å². The van der Waals surface area contributed by atoms with Gasteiger partial charge in [0.15, 0.2) is 0 Å². The zero-order chi connectivity index (χ0) is 10.1. The average Bonchev–Trinajstić information content (AvgIpc) is 2.16. The highest BCUT2D eigenvalue weighted by Gasteiger charge is 2.19. The summed E-state index contributed by atoms with van der Waals surface area (Å²) in [6.07, 6.45) is 1.82. The maximum absolute atomic E-state index is 11.1. The van der Waals surface area contributed by atoms with Crippen LogP contribution < -0.4 is 11.1 Å². The van der Waals surface area contributed by atoms with E-state index in [1.54, 1.807) is 0 Å². The summed E-state index contributed by atoms with van der Waals surface area (Å²) >= 11 is 0. The van der Waals surface area contributed by atoms with E-state index < -0.39 is 0 Å². The summed E-state index contributed by atoms with van der Waals surface area (Å²) in [5, 5.41) is 2.71. The molecule has 0 unspecified atom stereocenters. The predicted octanol–water partition coefficient (Wildman–Crippen LogP) is 0.506. The van der Waals surface area contributed by atoms with Crippen molar-refractivity contribution in [3.8, 4) is 0 Å². The van der Waals surface area contributed by atoms with Crippen molar-refractivity contribution in [1.82, 2.24) is 9.97 Å². The molecule has 0 saturated carbocycles. The monoisotopic (exact) mass is 192 g/mol. The molecular weight excluding hydrogens is 180 g/mol. The fourth-order valence-electron chi connectivity index (χ4n) is 1.49. The molecule has 74 valence electrons. The van der Waals surface area contributed by atoms with Crippen LogP contribution in [0.3, 0.4) is 0 Å². The molecule has 3 N–H and O–H groups in total. The molecule has 14 heavy (non-hydrogen) atoms. The molecule has 0 spiro atoms. The molecule has 1 aliphatic heterocycles. The van der Waals surface area contributed by atoms with Crippen LogP contribution in [0, 0.1) is 0 Å². The van der Waals surface area contributed by atoms with Gasteiger partial charge in [-0.3, -0.25) is 4.79 Å². The molecular formula is C9H12N4O. The molecule has 0 saturated heterocycles. The lowest BCUT2D eigenvalue weighted by Gasteiger charge is -2.17. The number of fused-ring (bicyclic) bond motifs is 1. The Morgan fingerprint density at radius 3 is 2.93 bits per heavy atom. The minimum absolute atomic E-state index is 0.00217. The van der Waals surface area contributed by atoms with Crippen LogP contribution in [0.1, 0.15) is 24.7 Å². The summed E-state index contributed by atoms with van der Waals surface area (Å²) in [7, 11) is 0. The molecule has 1 aromatic rings. The largest absolute Gasteiger partial charge is 0.383 e. The summed E-state index contributed by atoms with van der Waals surface area (Å²) in [4.78, 5) is 19.5. The molecule has 2 rings (SSSR count). The SMILES string of the molecule is CCc1nc(N)c2c(n1)NC(=O)CC2. The Labute approximate surface area is 81.7 Å². The first-order valence-corrected chi connectivity index (χ1v) is 4.65. The molecule has 0 fully saturated rings. The molecule has 0 aromatic carbocycles. The van der Waals surface area contributed by atoms with E-state index in [-0.39, 0.29) is 5.91 Å². The standard InChI is InChI=1S/C9H12N4O/c1-2-6-11-8(10)5-3-4-7(14)13-9(5)12-6/h2-4H2,1H3,(H3,10,11,12,13,14). The van der Waals surface area contributed by atoms with E-state index in [4.69, 9.17) is 5.73 Å². The van der Waals surface area contributed by atoms with Gasteiger partial charge < -0.3 is 11.1 Å². The van der Waals surface area contributed by atoms with E-state index in [0.717, 1.165) is 5.56 Å². The molecule has 0 radical (unpaired) electrons. The van der Waals surface area contributed by atoms with Crippen molar-refractivity contribution in [1.29, 1.82) is 0 Å². The van der Waals surface area contributed by atoms with Crippen molar-refractivity contribution in [3.05, 3.63) is 11.4 Å². The molecule has 1 amide bonds. The lowest BCUT2D eigenvalue weighted by molar-refractivity contribution is -0.116. The van der Waals surface area contributed by atoms with Gasteiger partial charge in [0.25, 0.3) is 0 Å². The number of anilines is 2. The van der Waals surface area contributed by atoms with Crippen molar-refractivity contribution in [2.75, 3.05) is 11.1 Å². The first kappa shape index (κ1) is 8.93. The summed E-state index contributed by atoms with van der Waals surface area (Å²) in [6, 6.07) is 0. The minimum Gasteiger partial charge on any atom is -0.383 e. The Hall–Kier alpha value is -1.65. The number of amides is 1. The van der Waals surface area contributed by atoms with Gasteiger partial charge in [0.1, 0.15) is 17.5 Å². The van der Waals surface area contributed by atoms with Crippen molar-refractivity contribution in [3.63, 3.8) is 0 Å². The van der Waals surface area contributed by atoms with Crippen LogP contribution in [0.5, 0.6) is 0 Å². The quantitative estimate of drug-likeness (QED) is 0.679. The number of aromatic nitrogens is 2. The third-order valence-corrected chi connectivity index (χ3v) is 2.26. The van der Waals surface area contributed by atoms with Crippen LogP contribution in [0.15, 0.2) is 0 Å². The highest BCUT2D eigenvalue weighted by molar-refractivity contribution is 5.93. The summed E-state index contributed by atoms with van der Waals surface area (Å²) in [5.74, 6) is 1.75. The molecule has 2 heterocycles. The number of nitrogen functional groups attached to an aromatic ring is 1. The first-order chi connectivity index (χ1) is 6.70. The number of rotatable bonds is 1. The zero-order valence-electron chi connectivity index (χ0n) is 8.00. The molecule has 0 atom stereocenters. The maximum Gasteiger partial charge on any atom is 0.225 e. The van der Waals surface area contributed by atoms with Gasteiger partial charge in [-0.1, -0.05) is 6.92 Å². The van der Waals surface area contributed by atoms with Gasteiger partial charge in [0, 0.05) is 18.4 Å². The van der Waals surface area contributed by atoms with Gasteiger partial charge in [0.2, 0.25) is 5.91 Å². The van der Waals surface area contributed by atoms with Gasteiger partial charge in [0.05, 0.1) is 0 Å². The fraction of sp³-hybridized carbons (Fsp3) is 0.444. The van der Waals surface area contributed by atoms with Gasteiger partial charge in [-0.05, 0) is 6.42 Å². The summed E-state index contributed by atoms with van der Waals surface area (Å²) in [5.41, 5.74) is 6.62. The van der Waals surface area contributed by atoms with Gasteiger partial charge in [-0.15, -0.1) is 0 Å². The molecule has 0 aliphatic carbocycles. The maximum atomic E-state index is 11.1. The van der Waals surface area contributed by atoms with Crippen molar-refractivity contribution in [2.45, 2.75) is 26.2 Å². The topological polar surface area (TPSA) is 80.9 Å². The van der Waals surface area contributed by atoms with Crippen molar-refractivity contribution in [2.24, 2.45) is 0 Å². The molecule has 1 aliphatic rings. The number of carbonyl (C=O) groups excluding carboxylic acids is 1. The Morgan fingerprint density at radius 2 is 2.21 bits per heavy atom. The van der Waals surface area contributed by atoms with Crippen LogP contribution in [0.4, 0.5) is 11.6 Å². The van der Waals surface area contributed by atoms with E-state index in [1.807, 2.05) is 6.92 Å². The van der Waals surface area contributed by atoms with Crippen LogP contribution in [0.2, 0.25) is 0 Å². The normalized spacial score (nSPS) is 14.8. The molecule has 5 nitrogen and oxygen atoms in total. The fourth-order valence-corrected chi connectivity index (χ4v) is 1.49. The molecule has 5 heteroatoms. The Balaban J connectivity index is 2.48. The number of nitrogens with zero attached hydrogens (tertiary/aromatic N) is 2. The van der Waals surface area contributed by atoms with E-state index in [2.05, 4.69) is 15.3 Å². The van der Waals surface area contributed by atoms with Gasteiger partial charge >= 0.3 is 0 Å². The molecule has 1 aromatic heterocycles. The Bertz CT molecular complexity index is 389. The Morgan fingerprint density at radius 1 is 1.43 bits per heavy atom. The second-order valence-electron chi connectivity index (χ2n) is 3.25. The Kier molecular flexibility index (Phi) is 2.07. The van der Waals surface area contributed by atoms with Crippen LogP contribution in [-0.2, 0) is 17.6 Å². The molecule has 0 bridgehead atoms. The van der Waals surface area contributed by atoms with E-state index in [1.165, 1.54) is 0 Å². The third-order valence-electron chi connectivity index (χ3n) is 2.26. The smallest absolute Gasteiger partial charge is 0.225 e. The van der Waals surface area contributed by atoms with E-state index >= 15 is 0 Å². The van der Waals surface area contributed by atoms with Crippen molar-refractivity contribution < 1.29 is 4.79 Å². The lowest BCUT2D eigenvalue weighted by Crippen LogP contribution is -2.22. The van der Waals surface area contributed by atoms with Crippen LogP contribution in [-0.4, -0.2) is 15.9 Å². The highest BCUT2D eigenvalue weighted by atomic mass is 16.1. The average molecular weight is 192 g/mol. The number of hydrogen-bond donors (Lipinski definition) is 2. The number of nitrogens with two attached hydrogens (primary N) is 1. The second kappa shape index (κ2) is 3.25.